The molecule has 1 atom stereocenters. The molecule has 1 heterocycles. The quantitative estimate of drug-likeness (QED) is 0.562. The Morgan fingerprint density at radius 3 is 2.55 bits per heavy atom. The van der Waals surface area contributed by atoms with Crippen LogP contribution in [-0.2, 0) is 0 Å². The fraction of sp³-hybridized carbons (Fsp3) is 1.00. The van der Waals surface area contributed by atoms with E-state index in [-0.39, 0.29) is 6.61 Å². The molecule has 0 radical (unpaired) electrons. The Morgan fingerprint density at radius 1 is 1.55 bits per heavy atom. The second-order valence-electron chi connectivity index (χ2n) is 2.52. The van der Waals surface area contributed by atoms with Gasteiger partial charge in [0.25, 0.3) is 0 Å². The Hall–Kier alpha value is -0.120. The van der Waals surface area contributed by atoms with Crippen LogP contribution in [0.15, 0.2) is 0 Å². The van der Waals surface area contributed by atoms with Gasteiger partial charge >= 0.3 is 0 Å². The summed E-state index contributed by atoms with van der Waals surface area (Å²) in [5, 5.41) is 12.0. The molecule has 1 aliphatic rings. The van der Waals surface area contributed by atoms with Crippen molar-refractivity contribution in [3.05, 3.63) is 0 Å². The molecule has 3 nitrogen and oxygen atoms in total. The van der Waals surface area contributed by atoms with E-state index < -0.39 is 0 Å². The van der Waals surface area contributed by atoms with Gasteiger partial charge in [0.15, 0.2) is 0 Å². The molecule has 0 aromatic heterocycles. The van der Waals surface area contributed by atoms with Crippen molar-refractivity contribution < 1.29 is 5.11 Å². The molecule has 68 valence electrons. The summed E-state index contributed by atoms with van der Waals surface area (Å²) >= 11 is 0. The molecule has 2 N–H and O–H groups in total. The molecule has 0 aliphatic carbocycles. The molecule has 0 aromatic rings. The Morgan fingerprint density at radius 2 is 2.18 bits per heavy atom. The van der Waals surface area contributed by atoms with Gasteiger partial charge in [-0.15, -0.1) is 0 Å². The van der Waals surface area contributed by atoms with Crippen molar-refractivity contribution in [2.45, 2.75) is 19.9 Å². The molecule has 1 fully saturated rings. The van der Waals surface area contributed by atoms with Gasteiger partial charge < -0.3 is 10.4 Å². The SMILES string of the molecule is CC.CN1CCNC[C@@H]1CO. The largest absolute Gasteiger partial charge is 0.395 e. The third-order valence-electron chi connectivity index (χ3n) is 1.86. The topological polar surface area (TPSA) is 35.5 Å². The summed E-state index contributed by atoms with van der Waals surface area (Å²) in [7, 11) is 2.04. The number of rotatable bonds is 1. The van der Waals surface area contributed by atoms with Gasteiger partial charge in [-0.05, 0) is 7.05 Å². The first-order valence-corrected chi connectivity index (χ1v) is 4.36. The summed E-state index contributed by atoms with van der Waals surface area (Å²) < 4.78 is 0. The van der Waals surface area contributed by atoms with E-state index >= 15 is 0 Å². The number of hydrogen-bond acceptors (Lipinski definition) is 3. The number of aliphatic hydroxyl groups excluding tert-OH is 1. The van der Waals surface area contributed by atoms with E-state index in [0.29, 0.717) is 6.04 Å². The van der Waals surface area contributed by atoms with Crippen LogP contribution in [0.25, 0.3) is 0 Å². The van der Waals surface area contributed by atoms with Gasteiger partial charge in [0, 0.05) is 25.7 Å². The lowest BCUT2D eigenvalue weighted by Crippen LogP contribution is -2.50. The highest BCUT2D eigenvalue weighted by atomic mass is 16.3. The van der Waals surface area contributed by atoms with Crippen LogP contribution in [0.5, 0.6) is 0 Å². The zero-order chi connectivity index (χ0) is 8.69. The summed E-state index contributed by atoms with van der Waals surface area (Å²) in [6.45, 7) is 7.29. The molecule has 0 saturated carbocycles. The summed E-state index contributed by atoms with van der Waals surface area (Å²) in [5.74, 6) is 0. The van der Waals surface area contributed by atoms with E-state index in [0.717, 1.165) is 19.6 Å². The van der Waals surface area contributed by atoms with Gasteiger partial charge in [-0.2, -0.15) is 0 Å². The van der Waals surface area contributed by atoms with E-state index in [1.54, 1.807) is 0 Å². The number of piperazine rings is 1. The molecule has 1 aliphatic heterocycles. The van der Waals surface area contributed by atoms with Gasteiger partial charge in [-0.3, -0.25) is 4.90 Å². The Bertz CT molecular complexity index is 88.2. The standard InChI is InChI=1S/C6H14N2O.C2H6/c1-8-3-2-7-4-6(8)5-9;1-2/h6-7,9H,2-5H2,1H3;1-2H3/t6-;/m1./s1. The van der Waals surface area contributed by atoms with Gasteiger partial charge in [-0.25, -0.2) is 0 Å². The molecule has 0 unspecified atom stereocenters. The number of aliphatic hydroxyl groups is 1. The van der Waals surface area contributed by atoms with Crippen LogP contribution in [0.1, 0.15) is 13.8 Å². The molecule has 3 heteroatoms. The molecule has 0 spiro atoms. The van der Waals surface area contributed by atoms with Crippen LogP contribution < -0.4 is 5.32 Å². The zero-order valence-corrected chi connectivity index (χ0v) is 7.80. The third kappa shape index (κ3) is 3.70. The van der Waals surface area contributed by atoms with Crippen molar-refractivity contribution in [1.29, 1.82) is 0 Å². The maximum atomic E-state index is 8.78. The number of hydrogen-bond donors (Lipinski definition) is 2. The monoisotopic (exact) mass is 160 g/mol. The smallest absolute Gasteiger partial charge is 0.0599 e. The zero-order valence-electron chi connectivity index (χ0n) is 7.80. The molecule has 0 bridgehead atoms. The lowest BCUT2D eigenvalue weighted by atomic mass is 10.2. The van der Waals surface area contributed by atoms with Crippen LogP contribution in [0.4, 0.5) is 0 Å². The van der Waals surface area contributed by atoms with E-state index in [1.807, 2.05) is 20.9 Å². The second-order valence-corrected chi connectivity index (χ2v) is 2.52. The number of likely N-dealkylation sites (N-methyl/N-ethyl adjacent to an activating group) is 1. The summed E-state index contributed by atoms with van der Waals surface area (Å²) in [5.41, 5.74) is 0. The first-order chi connectivity index (χ1) is 5.34. The van der Waals surface area contributed by atoms with Crippen LogP contribution in [-0.4, -0.2) is 49.3 Å². The predicted octanol–water partition coefficient (Wildman–Crippen LogP) is -0.0915. The summed E-state index contributed by atoms with van der Waals surface area (Å²) in [6.07, 6.45) is 0. The Balaban J connectivity index is 0.000000461. The number of nitrogens with zero attached hydrogens (tertiary/aromatic N) is 1. The predicted molar refractivity (Wildman–Crippen MR) is 47.7 cm³/mol. The fourth-order valence-corrected chi connectivity index (χ4v) is 1.07. The first kappa shape index (κ1) is 10.9. The molecule has 0 amide bonds. The third-order valence-corrected chi connectivity index (χ3v) is 1.86. The van der Waals surface area contributed by atoms with Crippen molar-refractivity contribution in [2.75, 3.05) is 33.3 Å². The van der Waals surface area contributed by atoms with Crippen molar-refractivity contribution >= 4 is 0 Å². The van der Waals surface area contributed by atoms with Crippen molar-refractivity contribution in [2.24, 2.45) is 0 Å². The molecule has 11 heavy (non-hydrogen) atoms. The van der Waals surface area contributed by atoms with Gasteiger partial charge in [0.05, 0.1) is 6.61 Å². The molecular weight excluding hydrogens is 140 g/mol. The average Bonchev–Trinajstić information content (AvgIpc) is 2.09. The van der Waals surface area contributed by atoms with Gasteiger partial charge in [0.1, 0.15) is 0 Å². The molecule has 1 saturated heterocycles. The summed E-state index contributed by atoms with van der Waals surface area (Å²) in [4.78, 5) is 2.18. The van der Waals surface area contributed by atoms with Gasteiger partial charge in [0.2, 0.25) is 0 Å². The lowest BCUT2D eigenvalue weighted by molar-refractivity contribution is 0.124. The first-order valence-electron chi connectivity index (χ1n) is 4.36. The minimum absolute atomic E-state index is 0.267. The highest BCUT2D eigenvalue weighted by Crippen LogP contribution is 1.96. The molecule has 1 rings (SSSR count). The van der Waals surface area contributed by atoms with Crippen molar-refractivity contribution in [3.8, 4) is 0 Å². The molecule has 0 aromatic carbocycles. The minimum atomic E-state index is 0.267. The number of nitrogens with one attached hydrogen (secondary N) is 1. The van der Waals surface area contributed by atoms with E-state index in [9.17, 15) is 0 Å². The summed E-state index contributed by atoms with van der Waals surface area (Å²) in [6, 6.07) is 0.332. The van der Waals surface area contributed by atoms with Crippen LogP contribution in [0, 0.1) is 0 Å². The lowest BCUT2D eigenvalue weighted by Gasteiger charge is -2.31. The van der Waals surface area contributed by atoms with E-state index in [2.05, 4.69) is 10.2 Å². The molecular formula is C8H20N2O. The maximum Gasteiger partial charge on any atom is 0.0599 e. The normalized spacial score (nSPS) is 25.6. The second kappa shape index (κ2) is 6.58. The Labute approximate surface area is 69.4 Å². The van der Waals surface area contributed by atoms with Crippen LogP contribution >= 0.6 is 0 Å². The van der Waals surface area contributed by atoms with E-state index in [1.165, 1.54) is 0 Å². The van der Waals surface area contributed by atoms with E-state index in [4.69, 9.17) is 5.11 Å². The van der Waals surface area contributed by atoms with Gasteiger partial charge in [-0.1, -0.05) is 13.8 Å². The average molecular weight is 160 g/mol. The fourth-order valence-electron chi connectivity index (χ4n) is 1.07. The van der Waals surface area contributed by atoms with Crippen LogP contribution in [0.2, 0.25) is 0 Å². The van der Waals surface area contributed by atoms with Crippen molar-refractivity contribution in [3.63, 3.8) is 0 Å². The van der Waals surface area contributed by atoms with Crippen molar-refractivity contribution in [1.82, 2.24) is 10.2 Å². The Kier molecular flexibility index (Phi) is 6.51. The minimum Gasteiger partial charge on any atom is -0.395 e. The highest BCUT2D eigenvalue weighted by Gasteiger charge is 2.16. The highest BCUT2D eigenvalue weighted by molar-refractivity contribution is 4.75. The van der Waals surface area contributed by atoms with Crippen LogP contribution in [0.3, 0.4) is 0 Å². The maximum absolute atomic E-state index is 8.78.